The van der Waals surface area contributed by atoms with Gasteiger partial charge in [0.25, 0.3) is 0 Å². The maximum Gasteiger partial charge on any atom is 0.208 e. The van der Waals surface area contributed by atoms with Gasteiger partial charge >= 0.3 is 0 Å². The number of oxazole rings is 1. The number of rotatable bonds is 2. The lowest BCUT2D eigenvalue weighted by atomic mass is 10.6. The van der Waals surface area contributed by atoms with Crippen LogP contribution in [0.1, 0.15) is 11.7 Å². The van der Waals surface area contributed by atoms with Crippen molar-refractivity contribution < 1.29 is 9.52 Å². The number of halogens is 2. The fraction of sp³-hybridized carbons (Fsp3) is 0.400. The number of aromatic nitrogens is 1. The number of aliphatic hydroxyl groups excluding tert-OH is 1. The largest absolute Gasteiger partial charge is 0.442 e. The Kier molecular flexibility index (Phi) is 7.77. The third-order valence-electron chi connectivity index (χ3n) is 0.932. The molecule has 1 heterocycles. The maximum atomic E-state index is 8.47. The van der Waals surface area contributed by atoms with E-state index in [1.54, 1.807) is 0 Å². The topological polar surface area (TPSA) is 72.3 Å². The van der Waals surface area contributed by atoms with Crippen LogP contribution in [0.15, 0.2) is 10.6 Å². The highest BCUT2D eigenvalue weighted by Crippen LogP contribution is 2.00. The van der Waals surface area contributed by atoms with Gasteiger partial charge in [-0.2, -0.15) is 0 Å². The second-order valence-electron chi connectivity index (χ2n) is 1.58. The van der Waals surface area contributed by atoms with Crippen molar-refractivity contribution in [3.63, 3.8) is 0 Å². The average molecular weight is 201 g/mol. The van der Waals surface area contributed by atoms with E-state index >= 15 is 0 Å². The quantitative estimate of drug-likeness (QED) is 0.729. The smallest absolute Gasteiger partial charge is 0.208 e. The number of aliphatic hydroxyl groups is 1. The predicted molar refractivity (Wildman–Crippen MR) is 44.8 cm³/mol. The molecule has 0 bridgehead atoms. The molecule has 0 unspecified atom stereocenters. The Balaban J connectivity index is 0. The molecule has 6 heteroatoms. The Morgan fingerprint density at radius 1 is 1.55 bits per heavy atom. The second kappa shape index (κ2) is 6.42. The molecular weight excluding hydrogens is 191 g/mol. The fourth-order valence-corrected chi connectivity index (χ4v) is 0.515. The molecule has 4 nitrogen and oxygen atoms in total. The first-order chi connectivity index (χ1) is 4.36. The van der Waals surface area contributed by atoms with Crippen molar-refractivity contribution >= 4 is 24.8 Å². The standard InChI is InChI=1S/C5H8N2O2.2ClH/c6-1-5-7-2-4(3-8)9-5;;/h2,8H,1,3,6H2;2*1H. The molecule has 0 fully saturated rings. The summed E-state index contributed by atoms with van der Waals surface area (Å²) in [6, 6.07) is 0. The molecule has 0 aliphatic rings. The minimum atomic E-state index is -0.118. The van der Waals surface area contributed by atoms with Crippen LogP contribution in [0.2, 0.25) is 0 Å². The van der Waals surface area contributed by atoms with Gasteiger partial charge in [0.15, 0.2) is 0 Å². The molecule has 0 radical (unpaired) electrons. The average Bonchev–Trinajstić information content (AvgIpc) is 2.34. The van der Waals surface area contributed by atoms with E-state index in [2.05, 4.69) is 4.98 Å². The number of hydrogen-bond acceptors (Lipinski definition) is 4. The van der Waals surface area contributed by atoms with Gasteiger partial charge in [0.1, 0.15) is 12.4 Å². The SMILES string of the molecule is Cl.Cl.NCc1ncc(CO)o1. The maximum absolute atomic E-state index is 8.47. The van der Waals surface area contributed by atoms with Crippen LogP contribution >= 0.6 is 24.8 Å². The van der Waals surface area contributed by atoms with Gasteiger partial charge < -0.3 is 15.3 Å². The summed E-state index contributed by atoms with van der Waals surface area (Å²) in [5.74, 6) is 0.912. The van der Waals surface area contributed by atoms with Gasteiger partial charge in [0, 0.05) is 0 Å². The Labute approximate surface area is 76.6 Å². The molecule has 1 aromatic heterocycles. The van der Waals surface area contributed by atoms with E-state index in [1.165, 1.54) is 6.20 Å². The summed E-state index contributed by atoms with van der Waals surface area (Å²) < 4.78 is 4.90. The molecule has 1 aromatic rings. The zero-order valence-electron chi connectivity index (χ0n) is 5.69. The molecule has 3 N–H and O–H groups in total. The first kappa shape index (κ1) is 13.3. The number of nitrogens with two attached hydrogens (primary N) is 1. The van der Waals surface area contributed by atoms with Crippen LogP contribution in [-0.2, 0) is 13.2 Å². The molecule has 0 aliphatic carbocycles. The normalized spacial score (nSPS) is 8.18. The summed E-state index contributed by atoms with van der Waals surface area (Å²) in [4.78, 5) is 3.75. The summed E-state index contributed by atoms with van der Waals surface area (Å²) in [6.45, 7) is 0.160. The van der Waals surface area contributed by atoms with E-state index in [0.717, 1.165) is 0 Å². The van der Waals surface area contributed by atoms with Crippen molar-refractivity contribution in [1.29, 1.82) is 0 Å². The third-order valence-corrected chi connectivity index (χ3v) is 0.932. The van der Waals surface area contributed by atoms with Crippen molar-refractivity contribution in [3.8, 4) is 0 Å². The van der Waals surface area contributed by atoms with E-state index in [0.29, 0.717) is 11.7 Å². The number of hydrogen-bond donors (Lipinski definition) is 2. The third kappa shape index (κ3) is 3.57. The zero-order chi connectivity index (χ0) is 6.69. The summed E-state index contributed by atoms with van der Waals surface area (Å²) >= 11 is 0. The summed E-state index contributed by atoms with van der Waals surface area (Å²) in [7, 11) is 0. The van der Waals surface area contributed by atoms with Gasteiger partial charge in [-0.15, -0.1) is 24.8 Å². The molecule has 0 aromatic carbocycles. The van der Waals surface area contributed by atoms with Crippen LogP contribution in [0.4, 0.5) is 0 Å². The minimum Gasteiger partial charge on any atom is -0.442 e. The highest BCUT2D eigenvalue weighted by atomic mass is 35.5. The Bertz CT molecular complexity index is 174. The molecular formula is C5H10Cl2N2O2. The molecule has 11 heavy (non-hydrogen) atoms. The monoisotopic (exact) mass is 200 g/mol. The highest BCUT2D eigenvalue weighted by molar-refractivity contribution is 5.85. The van der Waals surface area contributed by atoms with Crippen molar-refractivity contribution in [2.45, 2.75) is 13.2 Å². The summed E-state index contributed by atoms with van der Waals surface area (Å²) in [5.41, 5.74) is 5.18. The lowest BCUT2D eigenvalue weighted by Gasteiger charge is -1.84. The fourth-order valence-electron chi connectivity index (χ4n) is 0.515. The Morgan fingerprint density at radius 2 is 2.18 bits per heavy atom. The summed E-state index contributed by atoms with van der Waals surface area (Å²) in [6.07, 6.45) is 1.46. The van der Waals surface area contributed by atoms with E-state index < -0.39 is 0 Å². The molecule has 0 spiro atoms. The second-order valence-corrected chi connectivity index (χ2v) is 1.58. The lowest BCUT2D eigenvalue weighted by Crippen LogP contribution is -1.94. The number of nitrogens with zero attached hydrogens (tertiary/aromatic N) is 1. The van der Waals surface area contributed by atoms with Gasteiger partial charge in [0.2, 0.25) is 5.89 Å². The van der Waals surface area contributed by atoms with Crippen LogP contribution in [-0.4, -0.2) is 10.1 Å². The van der Waals surface area contributed by atoms with Crippen molar-refractivity contribution in [2.75, 3.05) is 0 Å². The lowest BCUT2D eigenvalue weighted by molar-refractivity contribution is 0.243. The molecule has 0 aliphatic heterocycles. The summed E-state index contributed by atoms with van der Waals surface area (Å²) in [5, 5.41) is 8.47. The van der Waals surface area contributed by atoms with E-state index in [9.17, 15) is 0 Å². The van der Waals surface area contributed by atoms with Gasteiger partial charge in [0.05, 0.1) is 12.7 Å². The van der Waals surface area contributed by atoms with E-state index in [1.807, 2.05) is 0 Å². The van der Waals surface area contributed by atoms with E-state index in [4.69, 9.17) is 15.3 Å². The molecule has 1 rings (SSSR count). The molecule has 0 atom stereocenters. The molecule has 66 valence electrons. The van der Waals surface area contributed by atoms with Gasteiger partial charge in [-0.3, -0.25) is 0 Å². The first-order valence-electron chi connectivity index (χ1n) is 2.61. The Hall–Kier alpha value is -0.290. The van der Waals surface area contributed by atoms with Crippen LogP contribution in [0.5, 0.6) is 0 Å². The first-order valence-corrected chi connectivity index (χ1v) is 2.61. The van der Waals surface area contributed by atoms with Crippen molar-refractivity contribution in [2.24, 2.45) is 5.73 Å². The van der Waals surface area contributed by atoms with Gasteiger partial charge in [-0.1, -0.05) is 0 Å². The molecule has 0 saturated carbocycles. The molecule has 0 saturated heterocycles. The molecule has 0 amide bonds. The van der Waals surface area contributed by atoms with Crippen LogP contribution in [0, 0.1) is 0 Å². The van der Waals surface area contributed by atoms with Crippen LogP contribution in [0.25, 0.3) is 0 Å². The van der Waals surface area contributed by atoms with Gasteiger partial charge in [-0.25, -0.2) is 4.98 Å². The van der Waals surface area contributed by atoms with Crippen molar-refractivity contribution in [3.05, 3.63) is 17.8 Å². The van der Waals surface area contributed by atoms with Crippen molar-refractivity contribution in [1.82, 2.24) is 4.98 Å². The van der Waals surface area contributed by atoms with Gasteiger partial charge in [-0.05, 0) is 0 Å². The highest BCUT2D eigenvalue weighted by Gasteiger charge is 1.97. The minimum absolute atomic E-state index is 0. The van der Waals surface area contributed by atoms with Crippen LogP contribution < -0.4 is 5.73 Å². The predicted octanol–water partition coefficient (Wildman–Crippen LogP) is 0.469. The zero-order valence-corrected chi connectivity index (χ0v) is 7.32. The van der Waals surface area contributed by atoms with Crippen LogP contribution in [0.3, 0.4) is 0 Å². The van der Waals surface area contributed by atoms with E-state index in [-0.39, 0.29) is 38.0 Å². The Morgan fingerprint density at radius 3 is 2.45 bits per heavy atom.